The highest BCUT2D eigenvalue weighted by molar-refractivity contribution is 8.13. The average Bonchev–Trinajstić information content (AvgIpc) is 2.78. The van der Waals surface area contributed by atoms with Crippen LogP contribution in [-0.4, -0.2) is 14.7 Å². The maximum Gasteiger partial charge on any atom is 0.258 e. The standard InChI is InChI=1S/C26H28N2O2S/c1-5-26(6-2)16-19-9-7-8-10-20(19)23-22(26)24(30)28(4)25(27-23)31-21(29)15-18-13-11-17(3)12-14-18/h7-14H,5-6,15-16H2,1-4H3. The number of benzene rings is 2. The van der Waals surface area contributed by atoms with Gasteiger partial charge in [-0.2, -0.15) is 0 Å². The van der Waals surface area contributed by atoms with Gasteiger partial charge in [-0.05, 0) is 49.1 Å². The largest absolute Gasteiger partial charge is 0.290 e. The van der Waals surface area contributed by atoms with Crippen LogP contribution in [0.5, 0.6) is 0 Å². The van der Waals surface area contributed by atoms with Gasteiger partial charge in [0, 0.05) is 24.4 Å². The van der Waals surface area contributed by atoms with Gasteiger partial charge in [-0.15, -0.1) is 0 Å². The van der Waals surface area contributed by atoms with Gasteiger partial charge in [-0.1, -0.05) is 67.9 Å². The van der Waals surface area contributed by atoms with E-state index < -0.39 is 0 Å². The van der Waals surface area contributed by atoms with Crippen LogP contribution in [-0.2, 0) is 30.1 Å². The summed E-state index contributed by atoms with van der Waals surface area (Å²) in [5, 5.41) is 0.436. The number of carbonyl (C=O) groups is 1. The SMILES string of the molecule is CCC1(CC)Cc2ccccc2-c2nc(SC(=O)Cc3ccc(C)cc3)n(C)c(=O)c21. The summed E-state index contributed by atoms with van der Waals surface area (Å²) in [4.78, 5) is 31.3. The maximum atomic E-state index is 13.6. The highest BCUT2D eigenvalue weighted by Gasteiger charge is 2.40. The van der Waals surface area contributed by atoms with E-state index in [2.05, 4.69) is 19.9 Å². The summed E-state index contributed by atoms with van der Waals surface area (Å²) in [5.41, 5.74) is 5.66. The molecule has 0 unspecified atom stereocenters. The van der Waals surface area contributed by atoms with Crippen LogP contribution >= 0.6 is 11.8 Å². The first kappa shape index (κ1) is 21.6. The van der Waals surface area contributed by atoms with Gasteiger partial charge >= 0.3 is 0 Å². The molecule has 3 aromatic rings. The summed E-state index contributed by atoms with van der Waals surface area (Å²) in [5.74, 6) is 0. The van der Waals surface area contributed by atoms with E-state index in [1.165, 1.54) is 5.56 Å². The molecule has 0 saturated heterocycles. The smallest absolute Gasteiger partial charge is 0.258 e. The molecule has 4 nitrogen and oxygen atoms in total. The summed E-state index contributed by atoms with van der Waals surface area (Å²) in [7, 11) is 1.73. The van der Waals surface area contributed by atoms with E-state index in [1.54, 1.807) is 11.6 Å². The van der Waals surface area contributed by atoms with Crippen LogP contribution in [0.3, 0.4) is 0 Å². The van der Waals surface area contributed by atoms with Crippen LogP contribution in [0.2, 0.25) is 0 Å². The Morgan fingerprint density at radius 2 is 1.77 bits per heavy atom. The van der Waals surface area contributed by atoms with Gasteiger partial charge in [-0.3, -0.25) is 14.2 Å². The zero-order valence-electron chi connectivity index (χ0n) is 18.6. The second-order valence-electron chi connectivity index (χ2n) is 8.44. The Hall–Kier alpha value is -2.66. The van der Waals surface area contributed by atoms with E-state index >= 15 is 0 Å². The number of rotatable bonds is 5. The van der Waals surface area contributed by atoms with Gasteiger partial charge in [-0.25, -0.2) is 4.98 Å². The predicted octanol–water partition coefficient (Wildman–Crippen LogP) is 5.23. The molecule has 0 amide bonds. The molecule has 1 heterocycles. The van der Waals surface area contributed by atoms with Gasteiger partial charge in [0.1, 0.15) is 0 Å². The number of thioether (sulfide) groups is 1. The first-order valence-corrected chi connectivity index (χ1v) is 11.7. The molecule has 0 bridgehead atoms. The number of carbonyl (C=O) groups excluding carboxylic acids is 1. The molecule has 5 heteroatoms. The molecule has 0 spiro atoms. The molecule has 0 radical (unpaired) electrons. The second kappa shape index (κ2) is 8.46. The van der Waals surface area contributed by atoms with Crippen molar-refractivity contribution in [2.45, 2.75) is 57.0 Å². The topological polar surface area (TPSA) is 52.0 Å². The van der Waals surface area contributed by atoms with Gasteiger partial charge in [0.2, 0.25) is 5.12 Å². The van der Waals surface area contributed by atoms with Gasteiger partial charge in [0.15, 0.2) is 5.16 Å². The van der Waals surface area contributed by atoms with Crippen molar-refractivity contribution < 1.29 is 4.79 Å². The zero-order chi connectivity index (χ0) is 22.2. The van der Waals surface area contributed by atoms with Crippen molar-refractivity contribution in [3.05, 3.63) is 81.1 Å². The number of hydrogen-bond acceptors (Lipinski definition) is 4. The third-order valence-electron chi connectivity index (χ3n) is 6.61. The van der Waals surface area contributed by atoms with Crippen LogP contribution in [0, 0.1) is 6.92 Å². The van der Waals surface area contributed by atoms with Crippen molar-refractivity contribution in [1.29, 1.82) is 0 Å². The van der Waals surface area contributed by atoms with E-state index in [-0.39, 0.29) is 16.1 Å². The van der Waals surface area contributed by atoms with E-state index in [9.17, 15) is 9.59 Å². The molecule has 0 aliphatic heterocycles. The van der Waals surface area contributed by atoms with Crippen molar-refractivity contribution in [2.24, 2.45) is 7.05 Å². The van der Waals surface area contributed by atoms with Gasteiger partial charge in [0.05, 0.1) is 11.3 Å². The molecular formula is C26H28N2O2S. The first-order valence-electron chi connectivity index (χ1n) is 10.8. The molecule has 1 aliphatic rings. The Kier molecular flexibility index (Phi) is 5.89. The quantitative estimate of drug-likeness (QED) is 0.409. The van der Waals surface area contributed by atoms with Crippen LogP contribution in [0.25, 0.3) is 11.3 Å². The molecule has 160 valence electrons. The summed E-state index contributed by atoms with van der Waals surface area (Å²) in [6.07, 6.45) is 2.91. The lowest BCUT2D eigenvalue weighted by molar-refractivity contribution is -0.110. The number of nitrogens with zero attached hydrogens (tertiary/aromatic N) is 2. The summed E-state index contributed by atoms with van der Waals surface area (Å²) in [6.45, 7) is 6.32. The summed E-state index contributed by atoms with van der Waals surface area (Å²) >= 11 is 1.06. The average molecular weight is 433 g/mol. The fourth-order valence-electron chi connectivity index (χ4n) is 4.57. The van der Waals surface area contributed by atoms with E-state index in [0.717, 1.165) is 59.0 Å². The van der Waals surface area contributed by atoms with E-state index in [0.29, 0.717) is 11.6 Å². The second-order valence-corrected chi connectivity index (χ2v) is 9.46. The molecule has 0 N–H and O–H groups in total. The predicted molar refractivity (Wildman–Crippen MR) is 127 cm³/mol. The molecule has 31 heavy (non-hydrogen) atoms. The molecule has 0 saturated carbocycles. The minimum atomic E-state index is -0.222. The molecule has 2 aromatic carbocycles. The Balaban J connectivity index is 1.77. The number of fused-ring (bicyclic) bond motifs is 3. The number of hydrogen-bond donors (Lipinski definition) is 0. The Morgan fingerprint density at radius 1 is 1.10 bits per heavy atom. The molecule has 4 rings (SSSR count). The van der Waals surface area contributed by atoms with Gasteiger partial charge in [0.25, 0.3) is 5.56 Å². The van der Waals surface area contributed by atoms with Crippen LogP contribution in [0.4, 0.5) is 0 Å². The molecule has 0 fully saturated rings. The van der Waals surface area contributed by atoms with Crippen molar-refractivity contribution in [3.63, 3.8) is 0 Å². The van der Waals surface area contributed by atoms with E-state index in [1.807, 2.05) is 49.4 Å². The summed E-state index contributed by atoms with van der Waals surface area (Å²) in [6, 6.07) is 16.2. The number of aryl methyl sites for hydroxylation is 1. The molecule has 1 aliphatic carbocycles. The van der Waals surface area contributed by atoms with Crippen LogP contribution < -0.4 is 5.56 Å². The van der Waals surface area contributed by atoms with Crippen LogP contribution in [0.15, 0.2) is 58.5 Å². The monoisotopic (exact) mass is 432 g/mol. The number of aromatic nitrogens is 2. The van der Waals surface area contributed by atoms with Crippen molar-refractivity contribution in [2.75, 3.05) is 0 Å². The third-order valence-corrected chi connectivity index (χ3v) is 7.53. The van der Waals surface area contributed by atoms with E-state index in [4.69, 9.17) is 4.98 Å². The summed E-state index contributed by atoms with van der Waals surface area (Å²) < 4.78 is 1.56. The van der Waals surface area contributed by atoms with Gasteiger partial charge < -0.3 is 0 Å². The molecule has 0 atom stereocenters. The Bertz CT molecular complexity index is 1190. The molecular weight excluding hydrogens is 404 g/mol. The highest BCUT2D eigenvalue weighted by atomic mass is 32.2. The first-order chi connectivity index (χ1) is 14.9. The fraction of sp³-hybridized carbons (Fsp3) is 0.346. The Labute approximate surface area is 187 Å². The van der Waals surface area contributed by atoms with Crippen molar-refractivity contribution >= 4 is 16.9 Å². The lowest BCUT2D eigenvalue weighted by Gasteiger charge is -2.38. The Morgan fingerprint density at radius 3 is 2.45 bits per heavy atom. The van der Waals surface area contributed by atoms with Crippen molar-refractivity contribution in [1.82, 2.24) is 9.55 Å². The van der Waals surface area contributed by atoms with Crippen LogP contribution in [0.1, 0.15) is 48.9 Å². The minimum Gasteiger partial charge on any atom is -0.290 e. The third kappa shape index (κ3) is 3.87. The van der Waals surface area contributed by atoms with Crippen molar-refractivity contribution in [3.8, 4) is 11.3 Å². The molecule has 1 aromatic heterocycles. The lowest BCUT2D eigenvalue weighted by atomic mass is 9.66. The minimum absolute atomic E-state index is 0.0207. The zero-order valence-corrected chi connectivity index (χ0v) is 19.4. The lowest BCUT2D eigenvalue weighted by Crippen LogP contribution is -2.40. The fourth-order valence-corrected chi connectivity index (χ4v) is 5.37. The normalized spacial score (nSPS) is 14.1. The highest BCUT2D eigenvalue weighted by Crippen LogP contribution is 2.45. The maximum absolute atomic E-state index is 13.6.